The molecule has 1 unspecified atom stereocenters. The Kier molecular flexibility index (Phi) is 4.76. The van der Waals surface area contributed by atoms with E-state index in [2.05, 4.69) is 5.32 Å². The maximum atomic E-state index is 12.5. The lowest BCUT2D eigenvalue weighted by Gasteiger charge is -2.21. The Balaban J connectivity index is 1.68. The smallest absolute Gasteiger partial charge is 0.346 e. The van der Waals surface area contributed by atoms with Crippen molar-refractivity contribution < 1.29 is 19.4 Å². The third kappa shape index (κ3) is 3.45. The molecule has 0 radical (unpaired) electrons. The molecule has 1 aromatic rings. The number of aliphatic hydroxyl groups is 1. The van der Waals surface area contributed by atoms with Crippen molar-refractivity contribution in [1.29, 1.82) is 0 Å². The first kappa shape index (κ1) is 15.7. The topological polar surface area (TPSA) is 75.6 Å². The number of aryl methyl sites for hydroxylation is 1. The van der Waals surface area contributed by atoms with E-state index in [1.165, 1.54) is 0 Å². The minimum Gasteiger partial charge on any atom is -0.507 e. The highest BCUT2D eigenvalue weighted by atomic mass is 16.6. The van der Waals surface area contributed by atoms with E-state index in [0.717, 1.165) is 24.9 Å². The second-order valence-electron chi connectivity index (χ2n) is 6.05. The highest BCUT2D eigenvalue weighted by Crippen LogP contribution is 2.27. The number of nitrogens with one attached hydrogen (secondary N) is 1. The van der Waals surface area contributed by atoms with Gasteiger partial charge in [-0.2, -0.15) is 0 Å². The van der Waals surface area contributed by atoms with E-state index >= 15 is 0 Å². The van der Waals surface area contributed by atoms with Gasteiger partial charge in [0.1, 0.15) is 5.57 Å². The summed E-state index contributed by atoms with van der Waals surface area (Å²) >= 11 is 0. The van der Waals surface area contributed by atoms with Gasteiger partial charge in [0.2, 0.25) is 0 Å². The lowest BCUT2D eigenvalue weighted by atomic mass is 9.95. The molecule has 5 heteroatoms. The molecule has 2 heterocycles. The van der Waals surface area contributed by atoms with E-state index in [1.807, 2.05) is 30.3 Å². The zero-order valence-electron chi connectivity index (χ0n) is 13.0. The van der Waals surface area contributed by atoms with Gasteiger partial charge in [-0.15, -0.1) is 0 Å². The monoisotopic (exact) mass is 315 g/mol. The van der Waals surface area contributed by atoms with Gasteiger partial charge in [0, 0.05) is 0 Å². The predicted molar refractivity (Wildman–Crippen MR) is 84.9 cm³/mol. The number of carbonyl (C=O) groups excluding carboxylic acids is 2. The first-order valence-electron chi connectivity index (χ1n) is 8.12. The summed E-state index contributed by atoms with van der Waals surface area (Å²) in [6, 6.07) is 9.39. The Labute approximate surface area is 135 Å². The fourth-order valence-electron chi connectivity index (χ4n) is 3.12. The van der Waals surface area contributed by atoms with Crippen molar-refractivity contribution in [1.82, 2.24) is 5.32 Å². The number of hydrogen-bond donors (Lipinski definition) is 2. The van der Waals surface area contributed by atoms with Crippen LogP contribution in [-0.4, -0.2) is 35.5 Å². The molecule has 2 aliphatic heterocycles. The zero-order valence-corrected chi connectivity index (χ0v) is 13.0. The van der Waals surface area contributed by atoms with Crippen LogP contribution in [0, 0.1) is 0 Å². The molecule has 2 atom stereocenters. The molecular formula is C18H21NO4. The Bertz CT molecular complexity index is 617. The van der Waals surface area contributed by atoms with E-state index < -0.39 is 12.1 Å². The van der Waals surface area contributed by atoms with Crippen LogP contribution < -0.4 is 5.32 Å². The average Bonchev–Trinajstić information content (AvgIpc) is 2.88. The minimum atomic E-state index is -0.717. The van der Waals surface area contributed by atoms with Crippen molar-refractivity contribution in [3.05, 3.63) is 47.2 Å². The van der Waals surface area contributed by atoms with Gasteiger partial charge in [-0.3, -0.25) is 4.79 Å². The molecule has 0 bridgehead atoms. The van der Waals surface area contributed by atoms with Crippen molar-refractivity contribution in [3.8, 4) is 0 Å². The first-order chi connectivity index (χ1) is 11.2. The number of piperidine rings is 1. The second-order valence-corrected chi connectivity index (χ2v) is 6.05. The van der Waals surface area contributed by atoms with Crippen LogP contribution in [0.5, 0.6) is 0 Å². The van der Waals surface area contributed by atoms with Crippen LogP contribution in [0.25, 0.3) is 0 Å². The fraction of sp³-hybridized carbons (Fsp3) is 0.444. The zero-order chi connectivity index (χ0) is 16.2. The van der Waals surface area contributed by atoms with Crippen LogP contribution in [0.1, 0.15) is 31.2 Å². The molecule has 0 saturated carbocycles. The lowest BCUT2D eigenvalue weighted by molar-refractivity contribution is -0.141. The number of carbonyl (C=O) groups is 2. The van der Waals surface area contributed by atoms with E-state index in [0.29, 0.717) is 19.3 Å². The van der Waals surface area contributed by atoms with Gasteiger partial charge in [-0.05, 0) is 37.8 Å². The van der Waals surface area contributed by atoms with Crippen molar-refractivity contribution in [2.45, 2.75) is 44.2 Å². The van der Waals surface area contributed by atoms with Crippen molar-refractivity contribution in [2.75, 3.05) is 6.54 Å². The van der Waals surface area contributed by atoms with Crippen molar-refractivity contribution in [3.63, 3.8) is 0 Å². The maximum Gasteiger partial charge on any atom is 0.346 e. The molecule has 5 nitrogen and oxygen atoms in total. The fourth-order valence-corrected chi connectivity index (χ4v) is 3.12. The number of cyclic esters (lactones) is 1. The van der Waals surface area contributed by atoms with E-state index in [9.17, 15) is 14.7 Å². The predicted octanol–water partition coefficient (Wildman–Crippen LogP) is 2.07. The van der Waals surface area contributed by atoms with Crippen LogP contribution in [0.15, 0.2) is 41.7 Å². The Hall–Kier alpha value is -2.14. The molecule has 2 aliphatic rings. The average molecular weight is 315 g/mol. The quantitative estimate of drug-likeness (QED) is 0.642. The summed E-state index contributed by atoms with van der Waals surface area (Å²) in [5.41, 5.74) is 0.938. The van der Waals surface area contributed by atoms with Crippen LogP contribution in [-0.2, 0) is 20.7 Å². The van der Waals surface area contributed by atoms with E-state index in [4.69, 9.17) is 4.74 Å². The second kappa shape index (κ2) is 6.96. The number of hydrogen-bond acceptors (Lipinski definition) is 5. The number of ketones is 1. The molecule has 122 valence electrons. The summed E-state index contributed by atoms with van der Waals surface area (Å²) in [5.74, 6) is -1.24. The largest absolute Gasteiger partial charge is 0.507 e. The summed E-state index contributed by atoms with van der Waals surface area (Å²) in [6.45, 7) is 0.761. The van der Waals surface area contributed by atoms with Gasteiger partial charge in [-0.25, -0.2) is 4.79 Å². The lowest BCUT2D eigenvalue weighted by Crippen LogP contribution is -2.42. The summed E-state index contributed by atoms with van der Waals surface area (Å²) in [5, 5.41) is 13.4. The number of Topliss-reactive ketones (excluding diaryl/α,β-unsaturated/α-hetero) is 1. The molecule has 3 rings (SSSR count). The number of ether oxygens (including phenoxy) is 1. The van der Waals surface area contributed by atoms with Crippen molar-refractivity contribution in [2.24, 2.45) is 0 Å². The third-order valence-corrected chi connectivity index (χ3v) is 4.43. The highest BCUT2D eigenvalue weighted by Gasteiger charge is 2.40. The summed E-state index contributed by atoms with van der Waals surface area (Å²) in [7, 11) is 0. The van der Waals surface area contributed by atoms with Crippen LogP contribution in [0.2, 0.25) is 0 Å². The summed E-state index contributed by atoms with van der Waals surface area (Å²) in [6.07, 6.45) is 3.09. The molecule has 0 spiro atoms. The Morgan fingerprint density at radius 2 is 2.04 bits per heavy atom. The number of rotatable bonds is 5. The summed E-state index contributed by atoms with van der Waals surface area (Å²) in [4.78, 5) is 24.5. The molecule has 1 fully saturated rings. The molecule has 23 heavy (non-hydrogen) atoms. The van der Waals surface area contributed by atoms with Crippen molar-refractivity contribution >= 4 is 11.8 Å². The maximum absolute atomic E-state index is 12.5. The van der Waals surface area contributed by atoms with Gasteiger partial charge in [0.25, 0.3) is 0 Å². The van der Waals surface area contributed by atoms with Gasteiger partial charge in [0.15, 0.2) is 17.6 Å². The molecule has 1 aromatic carbocycles. The van der Waals surface area contributed by atoms with Crippen LogP contribution in [0.4, 0.5) is 0 Å². The molecule has 2 N–H and O–H groups in total. The van der Waals surface area contributed by atoms with Gasteiger partial charge in [-0.1, -0.05) is 36.8 Å². The highest BCUT2D eigenvalue weighted by molar-refractivity contribution is 6.20. The first-order valence-corrected chi connectivity index (χ1v) is 8.12. The van der Waals surface area contributed by atoms with Crippen LogP contribution in [0.3, 0.4) is 0 Å². The summed E-state index contributed by atoms with van der Waals surface area (Å²) < 4.78 is 5.21. The third-order valence-electron chi connectivity index (χ3n) is 4.43. The molecule has 0 aromatic heterocycles. The van der Waals surface area contributed by atoms with Gasteiger partial charge in [0.05, 0.1) is 6.04 Å². The van der Waals surface area contributed by atoms with Gasteiger partial charge >= 0.3 is 5.97 Å². The SMILES string of the molecule is O=C1O[C@@H](CCc2ccccc2)C(O)=C1C(=O)C1CCCCN1. The standard InChI is InChI=1S/C18H21NO4/c20-16(13-8-4-5-11-19-13)15-17(21)14(23-18(15)22)10-9-12-6-2-1-3-7-12/h1-3,6-7,13-14,19,21H,4-5,8-11H2/t13?,14-/m0/s1. The van der Waals surface area contributed by atoms with Gasteiger partial charge < -0.3 is 15.2 Å². The minimum absolute atomic E-state index is 0.164. The van der Waals surface area contributed by atoms with Crippen LogP contribution >= 0.6 is 0 Å². The molecular weight excluding hydrogens is 294 g/mol. The molecule has 0 aliphatic carbocycles. The normalized spacial score (nSPS) is 24.6. The van der Waals surface area contributed by atoms with E-state index in [-0.39, 0.29) is 23.2 Å². The molecule has 1 saturated heterocycles. The number of benzene rings is 1. The number of esters is 1. The number of aliphatic hydroxyl groups excluding tert-OH is 1. The Morgan fingerprint density at radius 3 is 2.74 bits per heavy atom. The molecule has 0 amide bonds. The van der Waals surface area contributed by atoms with E-state index in [1.54, 1.807) is 0 Å². The Morgan fingerprint density at radius 1 is 1.26 bits per heavy atom.